The van der Waals surface area contributed by atoms with E-state index in [0.29, 0.717) is 25.2 Å². The number of hydrogen-bond donors (Lipinski definition) is 2. The first kappa shape index (κ1) is 18.6. The summed E-state index contributed by atoms with van der Waals surface area (Å²) < 4.78 is 26.5. The van der Waals surface area contributed by atoms with Crippen LogP contribution < -0.4 is 10.6 Å². The lowest BCUT2D eigenvalue weighted by atomic mass is 10.1. The van der Waals surface area contributed by atoms with E-state index in [2.05, 4.69) is 16.7 Å². The minimum atomic E-state index is -3.56. The average Bonchev–Trinajstić information content (AvgIpc) is 2.61. The first-order valence-electron chi connectivity index (χ1n) is 8.26. The zero-order valence-corrected chi connectivity index (χ0v) is 15.0. The van der Waals surface area contributed by atoms with E-state index in [-0.39, 0.29) is 10.8 Å². The lowest BCUT2D eigenvalue weighted by Crippen LogP contribution is -2.31. The van der Waals surface area contributed by atoms with E-state index in [1.54, 1.807) is 26.0 Å². The number of rotatable bonds is 7. The van der Waals surface area contributed by atoms with Crippen molar-refractivity contribution in [2.45, 2.75) is 25.2 Å². The molecule has 0 unspecified atom stereocenters. The molecular formula is C17H25N3O3S. The Morgan fingerprint density at radius 1 is 1.29 bits per heavy atom. The van der Waals surface area contributed by atoms with Crippen molar-refractivity contribution in [3.8, 4) is 0 Å². The van der Waals surface area contributed by atoms with E-state index in [0.717, 1.165) is 19.5 Å². The van der Waals surface area contributed by atoms with Crippen LogP contribution in [0.25, 0.3) is 0 Å². The molecule has 1 aliphatic rings. The molecule has 1 aliphatic heterocycles. The summed E-state index contributed by atoms with van der Waals surface area (Å²) in [6.07, 6.45) is 2.99. The van der Waals surface area contributed by atoms with Gasteiger partial charge >= 0.3 is 0 Å². The number of carbonyl (C=O) groups is 1. The van der Waals surface area contributed by atoms with Gasteiger partial charge in [0, 0.05) is 31.7 Å². The predicted octanol–water partition coefficient (Wildman–Crippen LogP) is 1.37. The first-order valence-corrected chi connectivity index (χ1v) is 9.70. The van der Waals surface area contributed by atoms with Gasteiger partial charge in [0.25, 0.3) is 5.91 Å². The van der Waals surface area contributed by atoms with Crippen molar-refractivity contribution >= 4 is 15.9 Å². The summed E-state index contributed by atoms with van der Waals surface area (Å²) in [6, 6.07) is 6.21. The van der Waals surface area contributed by atoms with Gasteiger partial charge in [0.15, 0.2) is 0 Å². The number of benzene rings is 1. The lowest BCUT2D eigenvalue weighted by molar-refractivity contribution is 0.0956. The van der Waals surface area contributed by atoms with E-state index in [1.807, 2.05) is 0 Å². The van der Waals surface area contributed by atoms with E-state index < -0.39 is 10.0 Å². The zero-order chi connectivity index (χ0) is 17.6. The van der Waals surface area contributed by atoms with Crippen molar-refractivity contribution < 1.29 is 13.2 Å². The molecule has 132 valence electrons. The van der Waals surface area contributed by atoms with Crippen LogP contribution in [0.3, 0.4) is 0 Å². The van der Waals surface area contributed by atoms with Crippen molar-refractivity contribution in [2.24, 2.45) is 0 Å². The van der Waals surface area contributed by atoms with Gasteiger partial charge in [-0.15, -0.1) is 0 Å². The van der Waals surface area contributed by atoms with Gasteiger partial charge in [0.2, 0.25) is 10.0 Å². The second-order valence-corrected chi connectivity index (χ2v) is 7.55. The molecule has 7 heteroatoms. The molecule has 1 heterocycles. The fraction of sp³-hybridized carbons (Fsp3) is 0.471. The number of carbonyl (C=O) groups excluding carboxylic acids is 1. The predicted molar refractivity (Wildman–Crippen MR) is 94.5 cm³/mol. The van der Waals surface area contributed by atoms with Gasteiger partial charge < -0.3 is 10.6 Å². The van der Waals surface area contributed by atoms with Crippen molar-refractivity contribution in [1.29, 1.82) is 0 Å². The Labute approximate surface area is 144 Å². The lowest BCUT2D eigenvalue weighted by Gasteiger charge is -2.19. The van der Waals surface area contributed by atoms with Gasteiger partial charge in [0.05, 0.1) is 4.90 Å². The number of hydrogen-bond acceptors (Lipinski definition) is 4. The molecule has 0 spiro atoms. The van der Waals surface area contributed by atoms with Crippen LogP contribution in [0, 0.1) is 0 Å². The quantitative estimate of drug-likeness (QED) is 0.727. The fourth-order valence-corrected chi connectivity index (χ4v) is 4.14. The molecule has 0 saturated heterocycles. The Bertz CT molecular complexity index is 710. The molecular weight excluding hydrogens is 326 g/mol. The highest BCUT2D eigenvalue weighted by atomic mass is 32.2. The van der Waals surface area contributed by atoms with Crippen LogP contribution in [0.5, 0.6) is 0 Å². The third-order valence-electron chi connectivity index (χ3n) is 4.07. The Hall–Kier alpha value is -1.70. The third kappa shape index (κ3) is 4.43. The Morgan fingerprint density at radius 2 is 2.04 bits per heavy atom. The maximum atomic E-state index is 12.6. The molecule has 2 rings (SSSR count). The number of nitrogens with zero attached hydrogens (tertiary/aromatic N) is 1. The average molecular weight is 351 g/mol. The van der Waals surface area contributed by atoms with E-state index in [1.165, 1.54) is 22.0 Å². The normalized spacial score (nSPS) is 15.2. The highest BCUT2D eigenvalue weighted by Gasteiger charge is 2.22. The number of sulfonamides is 1. The van der Waals surface area contributed by atoms with Crippen LogP contribution in [0.2, 0.25) is 0 Å². The minimum Gasteiger partial charge on any atom is -0.348 e. The van der Waals surface area contributed by atoms with E-state index in [4.69, 9.17) is 0 Å². The highest BCUT2D eigenvalue weighted by Crippen LogP contribution is 2.17. The van der Waals surface area contributed by atoms with Crippen LogP contribution in [0.4, 0.5) is 0 Å². The van der Waals surface area contributed by atoms with Crippen molar-refractivity contribution in [3.05, 3.63) is 41.5 Å². The highest BCUT2D eigenvalue weighted by molar-refractivity contribution is 7.89. The summed E-state index contributed by atoms with van der Waals surface area (Å²) in [5.41, 5.74) is 1.55. The van der Waals surface area contributed by atoms with E-state index >= 15 is 0 Å². The smallest absolute Gasteiger partial charge is 0.251 e. The van der Waals surface area contributed by atoms with Gasteiger partial charge in [-0.2, -0.15) is 4.31 Å². The largest absolute Gasteiger partial charge is 0.348 e. The second kappa shape index (κ2) is 8.41. The van der Waals surface area contributed by atoms with Crippen LogP contribution in [-0.2, 0) is 10.0 Å². The van der Waals surface area contributed by atoms with Gasteiger partial charge in [-0.25, -0.2) is 8.42 Å². The van der Waals surface area contributed by atoms with Crippen molar-refractivity contribution in [3.63, 3.8) is 0 Å². The summed E-state index contributed by atoms with van der Waals surface area (Å²) in [6.45, 7) is 6.62. The third-order valence-corrected chi connectivity index (χ3v) is 6.12. The van der Waals surface area contributed by atoms with Crippen LogP contribution in [-0.4, -0.2) is 51.4 Å². The summed E-state index contributed by atoms with van der Waals surface area (Å²) in [7, 11) is -3.56. The molecule has 1 aromatic rings. The summed E-state index contributed by atoms with van der Waals surface area (Å²) in [5.74, 6) is -0.258. The topological polar surface area (TPSA) is 78.5 Å². The maximum Gasteiger partial charge on any atom is 0.251 e. The van der Waals surface area contributed by atoms with Crippen LogP contribution in [0.15, 0.2) is 40.8 Å². The Balaban J connectivity index is 2.11. The molecule has 0 radical (unpaired) electrons. The summed E-state index contributed by atoms with van der Waals surface area (Å²) in [5, 5.41) is 6.08. The minimum absolute atomic E-state index is 0.153. The SMILES string of the molecule is CCN(CC)S(=O)(=O)c1cccc(C(=O)NCC2=CCNCC2)c1. The number of nitrogens with one attached hydrogen (secondary N) is 2. The molecule has 6 nitrogen and oxygen atoms in total. The Morgan fingerprint density at radius 3 is 2.67 bits per heavy atom. The molecule has 24 heavy (non-hydrogen) atoms. The molecule has 1 amide bonds. The Kier molecular flexibility index (Phi) is 6.53. The molecule has 0 bridgehead atoms. The molecule has 0 aliphatic carbocycles. The van der Waals surface area contributed by atoms with Gasteiger partial charge in [-0.05, 0) is 31.2 Å². The van der Waals surface area contributed by atoms with Gasteiger partial charge in [0.1, 0.15) is 0 Å². The molecule has 0 aromatic heterocycles. The zero-order valence-electron chi connectivity index (χ0n) is 14.2. The molecule has 0 fully saturated rings. The monoisotopic (exact) mass is 351 g/mol. The standard InChI is InChI=1S/C17H25N3O3S/c1-3-20(4-2)24(22,23)16-7-5-6-15(12-16)17(21)19-13-14-8-10-18-11-9-14/h5-8,12,18H,3-4,9-11,13H2,1-2H3,(H,19,21). The molecule has 1 aromatic carbocycles. The molecule has 0 atom stereocenters. The van der Waals surface area contributed by atoms with Gasteiger partial charge in [-0.3, -0.25) is 4.79 Å². The van der Waals surface area contributed by atoms with Gasteiger partial charge in [-0.1, -0.05) is 31.6 Å². The molecule has 2 N–H and O–H groups in total. The van der Waals surface area contributed by atoms with Crippen molar-refractivity contribution in [1.82, 2.24) is 14.9 Å². The van der Waals surface area contributed by atoms with Crippen molar-refractivity contribution in [2.75, 3.05) is 32.7 Å². The molecule has 0 saturated carbocycles. The van der Waals surface area contributed by atoms with E-state index in [9.17, 15) is 13.2 Å². The van der Waals surface area contributed by atoms with Crippen LogP contribution >= 0.6 is 0 Å². The maximum absolute atomic E-state index is 12.6. The van der Waals surface area contributed by atoms with Crippen LogP contribution in [0.1, 0.15) is 30.6 Å². The first-order chi connectivity index (χ1) is 11.5. The number of amides is 1. The second-order valence-electron chi connectivity index (χ2n) is 5.62. The summed E-state index contributed by atoms with van der Waals surface area (Å²) >= 11 is 0. The summed E-state index contributed by atoms with van der Waals surface area (Å²) in [4.78, 5) is 12.5. The fourth-order valence-electron chi connectivity index (χ4n) is 2.64.